The van der Waals surface area contributed by atoms with Crippen LogP contribution in [0.15, 0.2) is 0 Å². The highest BCUT2D eigenvalue weighted by molar-refractivity contribution is 7.85. The lowest BCUT2D eigenvalue weighted by atomic mass is 10.1. The Labute approximate surface area is 132 Å². The predicted molar refractivity (Wildman–Crippen MR) is 90.1 cm³/mol. The van der Waals surface area contributed by atoms with Gasteiger partial charge in [-0.2, -0.15) is 8.42 Å². The molecule has 0 heterocycles. The van der Waals surface area contributed by atoms with E-state index in [0.29, 0.717) is 6.42 Å². The molecule has 4 nitrogen and oxygen atoms in total. The first-order chi connectivity index (χ1) is 9.77. The summed E-state index contributed by atoms with van der Waals surface area (Å²) in [6.45, 7) is 4.38. The Bertz CT molecular complexity index is 339. The quantitative estimate of drug-likeness (QED) is 0.300. The van der Waals surface area contributed by atoms with Crippen molar-refractivity contribution in [3.05, 3.63) is 0 Å². The molecule has 0 aliphatic carbocycles. The van der Waals surface area contributed by atoms with Gasteiger partial charge in [0.1, 0.15) is 0 Å². The first-order valence-corrected chi connectivity index (χ1v) is 10.1. The summed E-state index contributed by atoms with van der Waals surface area (Å²) in [5, 5.41) is 0. The predicted octanol–water partition coefficient (Wildman–Crippen LogP) is 3.87. The maximum absolute atomic E-state index is 10.6. The van der Waals surface area contributed by atoms with Gasteiger partial charge in [-0.15, -0.1) is 0 Å². The molecule has 0 unspecified atom stereocenters. The number of rotatable bonds is 14. The third-order valence-electron chi connectivity index (χ3n) is 4.03. The van der Waals surface area contributed by atoms with E-state index in [0.717, 1.165) is 24.0 Å². The summed E-state index contributed by atoms with van der Waals surface area (Å²) in [5.74, 6) is -0.106. The van der Waals surface area contributed by atoms with E-state index in [2.05, 4.69) is 21.0 Å². The zero-order chi connectivity index (χ0) is 16.2. The van der Waals surface area contributed by atoms with Crippen LogP contribution in [0, 0.1) is 0 Å². The van der Waals surface area contributed by atoms with E-state index in [-0.39, 0.29) is 5.75 Å². The van der Waals surface area contributed by atoms with Gasteiger partial charge < -0.3 is 4.48 Å². The van der Waals surface area contributed by atoms with Crippen molar-refractivity contribution in [2.24, 2.45) is 0 Å². The van der Waals surface area contributed by atoms with Crippen molar-refractivity contribution in [1.82, 2.24) is 0 Å². The summed E-state index contributed by atoms with van der Waals surface area (Å²) in [4.78, 5) is 0. The van der Waals surface area contributed by atoms with Crippen molar-refractivity contribution in [3.8, 4) is 0 Å². The molecule has 0 atom stereocenters. The molecule has 21 heavy (non-hydrogen) atoms. The molecule has 0 saturated heterocycles. The summed E-state index contributed by atoms with van der Waals surface area (Å²) in [5.41, 5.74) is 0. The second kappa shape index (κ2) is 11.4. The highest BCUT2D eigenvalue weighted by Crippen LogP contribution is 2.11. The molecule has 0 rings (SSSR count). The minimum absolute atomic E-state index is 0.106. The van der Waals surface area contributed by atoms with E-state index in [1.54, 1.807) is 0 Å². The fraction of sp³-hybridized carbons (Fsp3) is 1.00. The molecule has 0 radical (unpaired) electrons. The van der Waals surface area contributed by atoms with E-state index < -0.39 is 10.1 Å². The van der Waals surface area contributed by atoms with E-state index in [9.17, 15) is 8.42 Å². The van der Waals surface area contributed by atoms with Gasteiger partial charge in [0.05, 0.1) is 32.9 Å². The van der Waals surface area contributed by atoms with Crippen molar-refractivity contribution in [3.63, 3.8) is 0 Å². The topological polar surface area (TPSA) is 54.4 Å². The van der Waals surface area contributed by atoms with E-state index in [4.69, 9.17) is 4.55 Å². The number of unbranched alkanes of at least 4 members (excludes halogenated alkanes) is 8. The van der Waals surface area contributed by atoms with Crippen LogP contribution < -0.4 is 0 Å². The van der Waals surface area contributed by atoms with Crippen molar-refractivity contribution in [2.75, 3.05) is 32.9 Å². The Morgan fingerprint density at radius 3 is 1.67 bits per heavy atom. The van der Waals surface area contributed by atoms with Crippen molar-refractivity contribution in [2.45, 2.75) is 71.1 Å². The second-order valence-electron chi connectivity index (χ2n) is 6.85. The first-order valence-electron chi connectivity index (χ1n) is 8.54. The van der Waals surface area contributed by atoms with Gasteiger partial charge in [0.25, 0.3) is 10.1 Å². The number of nitrogens with zero attached hydrogens (tertiary/aromatic N) is 1. The van der Waals surface area contributed by atoms with Gasteiger partial charge in [-0.05, 0) is 25.7 Å². The zero-order valence-corrected chi connectivity index (χ0v) is 15.1. The van der Waals surface area contributed by atoms with Gasteiger partial charge in [0, 0.05) is 0 Å². The Morgan fingerprint density at radius 1 is 0.762 bits per heavy atom. The normalized spacial score (nSPS) is 12.8. The van der Waals surface area contributed by atoms with Crippen LogP contribution in [-0.2, 0) is 10.1 Å². The minimum atomic E-state index is -3.78. The third kappa shape index (κ3) is 16.1. The van der Waals surface area contributed by atoms with Gasteiger partial charge in [0.2, 0.25) is 0 Å². The monoisotopic (exact) mass is 322 g/mol. The average Bonchev–Trinajstić information content (AvgIpc) is 2.37. The molecule has 0 aliphatic heterocycles. The highest BCUT2D eigenvalue weighted by Gasteiger charge is 2.14. The van der Waals surface area contributed by atoms with E-state index >= 15 is 0 Å². The van der Waals surface area contributed by atoms with Crippen molar-refractivity contribution in [1.29, 1.82) is 0 Å². The molecular weight excluding hydrogens is 286 g/mol. The summed E-state index contributed by atoms with van der Waals surface area (Å²) < 4.78 is 30.9. The number of quaternary nitrogens is 1. The fourth-order valence-electron chi connectivity index (χ4n) is 2.61. The third-order valence-corrected chi connectivity index (χ3v) is 4.84. The highest BCUT2D eigenvalue weighted by atomic mass is 32.2. The summed E-state index contributed by atoms with van der Waals surface area (Å²) in [7, 11) is 0.623. The molecule has 0 aromatic carbocycles. The lowest BCUT2D eigenvalue weighted by molar-refractivity contribution is -0.890. The minimum Gasteiger partial charge on any atom is -0.328 e. The number of hydrogen-bond donors (Lipinski definition) is 1. The van der Waals surface area contributed by atoms with Crippen LogP contribution >= 0.6 is 0 Å². The van der Waals surface area contributed by atoms with Crippen LogP contribution in [0.2, 0.25) is 0 Å². The fourth-order valence-corrected chi connectivity index (χ4v) is 3.18. The molecule has 5 heteroatoms. The Balaban J connectivity index is 3.50. The molecule has 0 saturated carbocycles. The molecule has 0 amide bonds. The van der Waals surface area contributed by atoms with Crippen LogP contribution in [0.4, 0.5) is 0 Å². The first kappa shape index (κ1) is 20.9. The Morgan fingerprint density at radius 2 is 1.19 bits per heavy atom. The average molecular weight is 323 g/mol. The van der Waals surface area contributed by atoms with Crippen molar-refractivity contribution < 1.29 is 17.5 Å². The molecule has 128 valence electrons. The van der Waals surface area contributed by atoms with Crippen LogP contribution in [-0.4, -0.2) is 50.4 Å². The molecular formula is C16H36NO3S+. The van der Waals surface area contributed by atoms with Gasteiger partial charge in [0.15, 0.2) is 0 Å². The number of hydrogen-bond acceptors (Lipinski definition) is 2. The summed E-state index contributed by atoms with van der Waals surface area (Å²) in [6, 6.07) is 0. The maximum atomic E-state index is 10.6. The van der Waals surface area contributed by atoms with Crippen LogP contribution in [0.5, 0.6) is 0 Å². The zero-order valence-electron chi connectivity index (χ0n) is 14.3. The molecule has 0 aromatic heterocycles. The van der Waals surface area contributed by atoms with Crippen LogP contribution in [0.1, 0.15) is 71.1 Å². The molecule has 0 bridgehead atoms. The summed E-state index contributed by atoms with van der Waals surface area (Å²) >= 11 is 0. The molecule has 0 aromatic rings. The smallest absolute Gasteiger partial charge is 0.264 e. The summed E-state index contributed by atoms with van der Waals surface area (Å²) in [6.07, 6.45) is 12.1. The lowest BCUT2D eigenvalue weighted by Crippen LogP contribution is -2.41. The molecule has 0 fully saturated rings. The Hall–Kier alpha value is -0.130. The Kier molecular flexibility index (Phi) is 11.4. The van der Waals surface area contributed by atoms with Crippen molar-refractivity contribution >= 4 is 10.1 Å². The second-order valence-corrected chi connectivity index (χ2v) is 8.42. The molecule has 0 aliphatic rings. The van der Waals surface area contributed by atoms with Crippen LogP contribution in [0.3, 0.4) is 0 Å². The lowest BCUT2D eigenvalue weighted by Gasteiger charge is -2.29. The standard InChI is InChI=1S/C16H35NO3S/c1-4-5-6-7-8-9-10-11-14-17(2,3)15-12-13-16-21(18,19)20/h4-16H2,1-3H3/p+1. The maximum Gasteiger partial charge on any atom is 0.264 e. The van der Waals surface area contributed by atoms with Gasteiger partial charge in [-0.3, -0.25) is 4.55 Å². The van der Waals surface area contributed by atoms with E-state index in [1.807, 2.05) is 0 Å². The molecule has 0 spiro atoms. The largest absolute Gasteiger partial charge is 0.328 e. The van der Waals surface area contributed by atoms with Gasteiger partial charge in [-0.1, -0.05) is 45.4 Å². The van der Waals surface area contributed by atoms with E-state index in [1.165, 1.54) is 51.4 Å². The van der Waals surface area contributed by atoms with Gasteiger partial charge in [-0.25, -0.2) is 0 Å². The SMILES string of the molecule is CCCCCCCCCC[N+](C)(C)CCCCS(=O)(=O)O. The van der Waals surface area contributed by atoms with Crippen LogP contribution in [0.25, 0.3) is 0 Å². The van der Waals surface area contributed by atoms with Gasteiger partial charge >= 0.3 is 0 Å². The molecule has 1 N–H and O–H groups in total.